The molecule has 1 aliphatic carbocycles. The highest BCUT2D eigenvalue weighted by molar-refractivity contribution is 5.13. The molecule has 0 aromatic rings. The van der Waals surface area contributed by atoms with Gasteiger partial charge in [-0.3, -0.25) is 5.32 Å². The van der Waals surface area contributed by atoms with Crippen LogP contribution < -0.4 is 5.32 Å². The first kappa shape index (κ1) is 11.9. The van der Waals surface area contributed by atoms with E-state index in [0.29, 0.717) is 6.04 Å². The molecule has 90 valence electrons. The third-order valence-corrected chi connectivity index (χ3v) is 4.07. The Labute approximate surface area is 98.8 Å². The van der Waals surface area contributed by atoms with Gasteiger partial charge in [0.25, 0.3) is 0 Å². The van der Waals surface area contributed by atoms with Crippen molar-refractivity contribution in [2.45, 2.75) is 57.0 Å². The number of hydrogen-bond acceptors (Lipinski definition) is 3. The zero-order chi connectivity index (χ0) is 11.4. The molecular weight excluding hydrogens is 198 g/mol. The molecule has 3 heteroatoms. The van der Waals surface area contributed by atoms with Crippen LogP contribution in [0.4, 0.5) is 0 Å². The fraction of sp³-hybridized carbons (Fsp3) is 0.923. The molecule has 0 amide bonds. The molecule has 2 fully saturated rings. The summed E-state index contributed by atoms with van der Waals surface area (Å²) in [5.74, 6) is 0. The molecule has 2 atom stereocenters. The van der Waals surface area contributed by atoms with Crippen molar-refractivity contribution < 1.29 is 0 Å². The molecule has 1 saturated heterocycles. The number of hydrogen-bond donors (Lipinski definition) is 1. The maximum Gasteiger partial charge on any atom is 0.108 e. The summed E-state index contributed by atoms with van der Waals surface area (Å²) in [6.07, 6.45) is 7.06. The molecular formula is C13H23N3. The highest BCUT2D eigenvalue weighted by Crippen LogP contribution is 2.34. The maximum atomic E-state index is 9.37. The van der Waals surface area contributed by atoms with Crippen LogP contribution in [0.1, 0.15) is 45.4 Å². The molecule has 2 aliphatic rings. The van der Waals surface area contributed by atoms with Gasteiger partial charge in [-0.25, -0.2) is 0 Å². The topological polar surface area (TPSA) is 39.1 Å². The van der Waals surface area contributed by atoms with Crippen molar-refractivity contribution in [1.82, 2.24) is 10.2 Å². The molecule has 1 heterocycles. The van der Waals surface area contributed by atoms with Crippen LogP contribution in [0.15, 0.2) is 0 Å². The van der Waals surface area contributed by atoms with Gasteiger partial charge in [0, 0.05) is 6.04 Å². The van der Waals surface area contributed by atoms with Crippen LogP contribution in [0.25, 0.3) is 0 Å². The summed E-state index contributed by atoms with van der Waals surface area (Å²) in [7, 11) is 0. The second kappa shape index (κ2) is 5.16. The predicted molar refractivity (Wildman–Crippen MR) is 65.1 cm³/mol. The van der Waals surface area contributed by atoms with E-state index >= 15 is 0 Å². The Hall–Kier alpha value is -0.590. The van der Waals surface area contributed by atoms with Gasteiger partial charge in [-0.15, -0.1) is 0 Å². The average Bonchev–Trinajstić information content (AvgIpc) is 2.96. The van der Waals surface area contributed by atoms with Crippen LogP contribution in [0, 0.1) is 11.3 Å². The van der Waals surface area contributed by atoms with Crippen molar-refractivity contribution in [3.05, 3.63) is 0 Å². The lowest BCUT2D eigenvalue weighted by molar-refractivity contribution is 0.237. The predicted octanol–water partition coefficient (Wildman–Crippen LogP) is 1.90. The van der Waals surface area contributed by atoms with E-state index < -0.39 is 0 Å². The van der Waals surface area contributed by atoms with Crippen molar-refractivity contribution in [2.75, 3.05) is 19.6 Å². The minimum absolute atomic E-state index is 0.219. The van der Waals surface area contributed by atoms with E-state index in [4.69, 9.17) is 0 Å². The Morgan fingerprint density at radius 1 is 1.44 bits per heavy atom. The Morgan fingerprint density at radius 2 is 2.19 bits per heavy atom. The molecule has 1 N–H and O–H groups in total. The first-order valence-electron chi connectivity index (χ1n) is 6.70. The van der Waals surface area contributed by atoms with Gasteiger partial charge in [0.1, 0.15) is 5.54 Å². The fourth-order valence-corrected chi connectivity index (χ4v) is 3.10. The van der Waals surface area contributed by atoms with Gasteiger partial charge in [0.05, 0.1) is 6.07 Å². The second-order valence-corrected chi connectivity index (χ2v) is 5.26. The molecule has 2 unspecified atom stereocenters. The number of nitrogens with zero attached hydrogens (tertiary/aromatic N) is 2. The summed E-state index contributed by atoms with van der Waals surface area (Å²) in [6.45, 7) is 5.63. The normalized spacial score (nSPS) is 35.4. The zero-order valence-corrected chi connectivity index (χ0v) is 10.3. The third kappa shape index (κ3) is 2.39. The standard InChI is InChI=1S/C13H23N3/c1-2-7-15-13(11-14)6-5-12(10-13)16-8-3-4-9-16/h12,15H,2-10H2,1H3. The van der Waals surface area contributed by atoms with E-state index in [1.54, 1.807) is 0 Å². The molecule has 0 bridgehead atoms. The van der Waals surface area contributed by atoms with Gasteiger partial charge in [-0.2, -0.15) is 5.26 Å². The summed E-state index contributed by atoms with van der Waals surface area (Å²) in [6, 6.07) is 3.19. The first-order valence-corrected chi connectivity index (χ1v) is 6.70. The van der Waals surface area contributed by atoms with Crippen LogP contribution >= 0.6 is 0 Å². The average molecular weight is 221 g/mol. The van der Waals surface area contributed by atoms with Crippen molar-refractivity contribution in [2.24, 2.45) is 0 Å². The quantitative estimate of drug-likeness (QED) is 0.788. The van der Waals surface area contributed by atoms with Gasteiger partial charge in [0.15, 0.2) is 0 Å². The van der Waals surface area contributed by atoms with Crippen LogP contribution in [0.2, 0.25) is 0 Å². The number of nitrogens with one attached hydrogen (secondary N) is 1. The number of likely N-dealkylation sites (tertiary alicyclic amines) is 1. The van der Waals surface area contributed by atoms with Crippen molar-refractivity contribution in [3.8, 4) is 6.07 Å². The first-order chi connectivity index (χ1) is 7.79. The Kier molecular flexibility index (Phi) is 3.83. The van der Waals surface area contributed by atoms with E-state index in [9.17, 15) is 5.26 Å². The third-order valence-electron chi connectivity index (χ3n) is 4.07. The molecule has 0 spiro atoms. The van der Waals surface area contributed by atoms with Crippen LogP contribution in [-0.2, 0) is 0 Å². The van der Waals surface area contributed by atoms with E-state index in [1.165, 1.54) is 32.4 Å². The fourth-order valence-electron chi connectivity index (χ4n) is 3.10. The lowest BCUT2D eigenvalue weighted by Gasteiger charge is -2.26. The molecule has 3 nitrogen and oxygen atoms in total. The highest BCUT2D eigenvalue weighted by Gasteiger charge is 2.41. The van der Waals surface area contributed by atoms with Crippen molar-refractivity contribution in [1.29, 1.82) is 5.26 Å². The minimum atomic E-state index is -0.219. The summed E-state index contributed by atoms with van der Waals surface area (Å²) >= 11 is 0. The Bertz CT molecular complexity index is 265. The van der Waals surface area contributed by atoms with E-state index in [1.807, 2.05) is 0 Å². The van der Waals surface area contributed by atoms with Crippen molar-refractivity contribution >= 4 is 0 Å². The lowest BCUT2D eigenvalue weighted by atomic mass is 9.99. The highest BCUT2D eigenvalue weighted by atomic mass is 15.2. The monoisotopic (exact) mass is 221 g/mol. The Balaban J connectivity index is 1.91. The van der Waals surface area contributed by atoms with Gasteiger partial charge in [0.2, 0.25) is 0 Å². The van der Waals surface area contributed by atoms with Crippen LogP contribution in [0.5, 0.6) is 0 Å². The van der Waals surface area contributed by atoms with Gasteiger partial charge in [-0.1, -0.05) is 6.92 Å². The molecule has 16 heavy (non-hydrogen) atoms. The van der Waals surface area contributed by atoms with Crippen LogP contribution in [-0.4, -0.2) is 36.1 Å². The smallest absolute Gasteiger partial charge is 0.108 e. The zero-order valence-electron chi connectivity index (χ0n) is 10.3. The number of nitriles is 1. The molecule has 1 saturated carbocycles. The maximum absolute atomic E-state index is 9.37. The summed E-state index contributed by atoms with van der Waals surface area (Å²) in [4.78, 5) is 2.59. The summed E-state index contributed by atoms with van der Waals surface area (Å²) in [5.41, 5.74) is -0.219. The van der Waals surface area contributed by atoms with E-state index in [-0.39, 0.29) is 5.54 Å². The lowest BCUT2D eigenvalue weighted by Crippen LogP contribution is -2.43. The number of rotatable bonds is 4. The second-order valence-electron chi connectivity index (χ2n) is 5.26. The van der Waals surface area contributed by atoms with Crippen molar-refractivity contribution in [3.63, 3.8) is 0 Å². The van der Waals surface area contributed by atoms with Gasteiger partial charge in [-0.05, 0) is 58.2 Å². The molecule has 0 aromatic carbocycles. The van der Waals surface area contributed by atoms with Gasteiger partial charge >= 0.3 is 0 Å². The largest absolute Gasteiger partial charge is 0.300 e. The summed E-state index contributed by atoms with van der Waals surface area (Å²) < 4.78 is 0. The molecule has 0 aromatic heterocycles. The molecule has 2 rings (SSSR count). The Morgan fingerprint density at radius 3 is 2.81 bits per heavy atom. The van der Waals surface area contributed by atoms with Gasteiger partial charge < -0.3 is 4.90 Å². The van der Waals surface area contributed by atoms with E-state index in [0.717, 1.165) is 25.8 Å². The minimum Gasteiger partial charge on any atom is -0.300 e. The molecule has 0 radical (unpaired) electrons. The molecule has 1 aliphatic heterocycles. The van der Waals surface area contributed by atoms with Crippen LogP contribution in [0.3, 0.4) is 0 Å². The van der Waals surface area contributed by atoms with E-state index in [2.05, 4.69) is 23.2 Å². The summed E-state index contributed by atoms with van der Waals surface area (Å²) in [5, 5.41) is 12.8. The SMILES string of the molecule is CCCNC1(C#N)CCC(N2CCCC2)C1.